The maximum absolute atomic E-state index is 12.2. The highest BCUT2D eigenvalue weighted by Crippen LogP contribution is 2.34. The van der Waals surface area contributed by atoms with Gasteiger partial charge in [0.2, 0.25) is 10.0 Å². The molecule has 1 aliphatic rings. The number of hydrogen-bond donors (Lipinski definition) is 1. The average Bonchev–Trinajstić information content (AvgIpc) is 2.75. The van der Waals surface area contributed by atoms with Crippen molar-refractivity contribution in [2.45, 2.75) is 19.4 Å². The monoisotopic (exact) mass is 274 g/mol. The van der Waals surface area contributed by atoms with E-state index in [0.29, 0.717) is 13.1 Å². The van der Waals surface area contributed by atoms with Crippen LogP contribution in [0.1, 0.15) is 23.4 Å². The first-order valence-corrected chi connectivity index (χ1v) is 8.25. The Bertz CT molecular complexity index is 481. The Morgan fingerprint density at radius 2 is 2.35 bits per heavy atom. The van der Waals surface area contributed by atoms with E-state index in [0.717, 1.165) is 6.42 Å². The molecular formula is C11H18N2O2S2. The molecule has 96 valence electrons. The Labute approximate surface area is 107 Å². The fraction of sp³-hybridized carbons (Fsp3) is 0.636. The summed E-state index contributed by atoms with van der Waals surface area (Å²) in [5.74, 6) is 0.174. The van der Waals surface area contributed by atoms with Gasteiger partial charge in [-0.25, -0.2) is 8.42 Å². The molecule has 1 aromatic heterocycles. The zero-order chi connectivity index (χ0) is 12.5. The van der Waals surface area contributed by atoms with Gasteiger partial charge in [0.1, 0.15) is 0 Å². The van der Waals surface area contributed by atoms with Crippen LogP contribution >= 0.6 is 11.3 Å². The van der Waals surface area contributed by atoms with Crippen molar-refractivity contribution >= 4 is 21.4 Å². The van der Waals surface area contributed by atoms with E-state index in [4.69, 9.17) is 0 Å². The Morgan fingerprint density at radius 1 is 1.59 bits per heavy atom. The van der Waals surface area contributed by atoms with E-state index in [1.54, 1.807) is 22.7 Å². The van der Waals surface area contributed by atoms with Crippen molar-refractivity contribution in [3.05, 3.63) is 21.9 Å². The normalized spacial score (nSPS) is 21.4. The predicted molar refractivity (Wildman–Crippen MR) is 70.9 cm³/mol. The van der Waals surface area contributed by atoms with E-state index in [-0.39, 0.29) is 11.8 Å². The molecule has 0 aromatic carbocycles. The smallest absolute Gasteiger partial charge is 0.215 e. The van der Waals surface area contributed by atoms with Crippen LogP contribution in [0.5, 0.6) is 0 Å². The van der Waals surface area contributed by atoms with Gasteiger partial charge in [-0.05, 0) is 37.4 Å². The van der Waals surface area contributed by atoms with Crippen LogP contribution < -0.4 is 5.32 Å². The first kappa shape index (κ1) is 13.0. The third-order valence-corrected chi connectivity index (χ3v) is 6.12. The lowest BCUT2D eigenvalue weighted by Crippen LogP contribution is -2.41. The second kappa shape index (κ2) is 5.06. The number of hydrogen-bond acceptors (Lipinski definition) is 4. The summed E-state index contributed by atoms with van der Waals surface area (Å²) < 4.78 is 26.0. The molecule has 2 heterocycles. The number of rotatable bonds is 4. The van der Waals surface area contributed by atoms with Crippen LogP contribution in [-0.4, -0.2) is 38.6 Å². The summed E-state index contributed by atoms with van der Waals surface area (Å²) in [4.78, 5) is 1.33. The third kappa shape index (κ3) is 2.54. The van der Waals surface area contributed by atoms with E-state index in [9.17, 15) is 8.42 Å². The van der Waals surface area contributed by atoms with Crippen molar-refractivity contribution in [3.63, 3.8) is 0 Å². The quantitative estimate of drug-likeness (QED) is 0.898. The highest BCUT2D eigenvalue weighted by Gasteiger charge is 2.32. The Kier molecular flexibility index (Phi) is 3.87. The van der Waals surface area contributed by atoms with Crippen molar-refractivity contribution in [1.82, 2.24) is 9.62 Å². The van der Waals surface area contributed by atoms with Gasteiger partial charge in [0, 0.05) is 24.0 Å². The lowest BCUT2D eigenvalue weighted by atomic mass is 10.0. The first-order valence-electron chi connectivity index (χ1n) is 5.76. The molecule has 6 heteroatoms. The van der Waals surface area contributed by atoms with E-state index in [1.807, 2.05) is 18.4 Å². The molecule has 0 saturated heterocycles. The SMILES string of the molecule is CNCCS(=O)(=O)N1CCc2sccc2C1C. The van der Waals surface area contributed by atoms with Gasteiger partial charge in [0.15, 0.2) is 0 Å². The molecule has 0 bridgehead atoms. The number of thiophene rings is 1. The minimum Gasteiger partial charge on any atom is -0.319 e. The molecule has 1 unspecified atom stereocenters. The first-order chi connectivity index (χ1) is 8.06. The van der Waals surface area contributed by atoms with Crippen LogP contribution in [0.2, 0.25) is 0 Å². The van der Waals surface area contributed by atoms with Crippen molar-refractivity contribution < 1.29 is 8.42 Å². The van der Waals surface area contributed by atoms with Gasteiger partial charge in [0.25, 0.3) is 0 Å². The second-order valence-corrected chi connectivity index (χ2v) is 7.30. The van der Waals surface area contributed by atoms with E-state index in [1.165, 1.54) is 10.4 Å². The van der Waals surface area contributed by atoms with E-state index < -0.39 is 10.0 Å². The molecule has 1 atom stereocenters. The fourth-order valence-corrected chi connectivity index (χ4v) is 4.84. The predicted octanol–water partition coefficient (Wildman–Crippen LogP) is 1.22. The lowest BCUT2D eigenvalue weighted by Gasteiger charge is -2.32. The largest absolute Gasteiger partial charge is 0.319 e. The maximum atomic E-state index is 12.2. The molecule has 0 spiro atoms. The Hall–Kier alpha value is -0.430. The molecule has 2 rings (SSSR count). The molecule has 0 fully saturated rings. The zero-order valence-corrected chi connectivity index (χ0v) is 11.8. The number of nitrogens with zero attached hydrogens (tertiary/aromatic N) is 1. The molecule has 0 radical (unpaired) electrons. The summed E-state index contributed by atoms with van der Waals surface area (Å²) in [6.07, 6.45) is 0.843. The highest BCUT2D eigenvalue weighted by molar-refractivity contribution is 7.89. The molecule has 17 heavy (non-hydrogen) atoms. The lowest BCUT2D eigenvalue weighted by molar-refractivity contribution is 0.329. The topological polar surface area (TPSA) is 49.4 Å². The van der Waals surface area contributed by atoms with Gasteiger partial charge >= 0.3 is 0 Å². The number of nitrogens with one attached hydrogen (secondary N) is 1. The van der Waals surface area contributed by atoms with Crippen LogP contribution in [0.15, 0.2) is 11.4 Å². The average molecular weight is 274 g/mol. The molecule has 1 aromatic rings. The van der Waals surface area contributed by atoms with Crippen molar-refractivity contribution in [3.8, 4) is 0 Å². The van der Waals surface area contributed by atoms with Gasteiger partial charge in [-0.2, -0.15) is 4.31 Å². The molecule has 4 nitrogen and oxygen atoms in total. The van der Waals surface area contributed by atoms with Crippen molar-refractivity contribution in [1.29, 1.82) is 0 Å². The van der Waals surface area contributed by atoms with Crippen molar-refractivity contribution in [2.24, 2.45) is 0 Å². The summed E-state index contributed by atoms with van der Waals surface area (Å²) in [6, 6.07) is 2.02. The fourth-order valence-electron chi connectivity index (χ4n) is 2.21. The van der Waals surface area contributed by atoms with E-state index in [2.05, 4.69) is 5.32 Å². The van der Waals surface area contributed by atoms with Crippen molar-refractivity contribution in [2.75, 3.05) is 25.9 Å². The van der Waals surface area contributed by atoms with Gasteiger partial charge in [-0.1, -0.05) is 0 Å². The standard InChI is InChI=1S/C11H18N2O2S2/c1-9-10-4-7-16-11(10)3-6-13(9)17(14,15)8-5-12-2/h4,7,9,12H,3,5-6,8H2,1-2H3. The summed E-state index contributed by atoms with van der Waals surface area (Å²) in [7, 11) is -1.37. The second-order valence-electron chi connectivity index (χ2n) is 4.26. The number of sulfonamides is 1. The van der Waals surface area contributed by atoms with Gasteiger partial charge in [-0.3, -0.25) is 0 Å². The third-order valence-electron chi connectivity index (χ3n) is 3.19. The van der Waals surface area contributed by atoms with Crippen LogP contribution in [0, 0.1) is 0 Å². The highest BCUT2D eigenvalue weighted by atomic mass is 32.2. The van der Waals surface area contributed by atoms with Crippen LogP contribution in [0.3, 0.4) is 0 Å². The molecule has 0 saturated carbocycles. The molecule has 1 N–H and O–H groups in total. The Morgan fingerprint density at radius 3 is 3.06 bits per heavy atom. The molecule has 1 aliphatic heterocycles. The minimum absolute atomic E-state index is 0.0214. The maximum Gasteiger partial charge on any atom is 0.215 e. The van der Waals surface area contributed by atoms with Crippen LogP contribution in [-0.2, 0) is 16.4 Å². The summed E-state index contributed by atoms with van der Waals surface area (Å²) in [5.41, 5.74) is 1.18. The zero-order valence-electron chi connectivity index (χ0n) is 10.1. The molecule has 0 aliphatic carbocycles. The molecule has 0 amide bonds. The van der Waals surface area contributed by atoms with E-state index >= 15 is 0 Å². The van der Waals surface area contributed by atoms with Crippen LogP contribution in [0.4, 0.5) is 0 Å². The summed E-state index contributed by atoms with van der Waals surface area (Å²) in [6.45, 7) is 3.09. The summed E-state index contributed by atoms with van der Waals surface area (Å²) >= 11 is 1.73. The minimum atomic E-state index is -3.14. The van der Waals surface area contributed by atoms with Gasteiger partial charge in [0.05, 0.1) is 5.75 Å². The Balaban J connectivity index is 2.20. The van der Waals surface area contributed by atoms with Gasteiger partial charge < -0.3 is 5.32 Å². The van der Waals surface area contributed by atoms with Gasteiger partial charge in [-0.15, -0.1) is 11.3 Å². The summed E-state index contributed by atoms with van der Waals surface area (Å²) in [5, 5.41) is 4.93. The van der Waals surface area contributed by atoms with Crippen LogP contribution in [0.25, 0.3) is 0 Å². The molecular weight excluding hydrogens is 256 g/mol. The number of fused-ring (bicyclic) bond motifs is 1.